The Morgan fingerprint density at radius 2 is 1.96 bits per heavy atom. The van der Waals surface area contributed by atoms with Crippen LogP contribution < -0.4 is 10.2 Å². The van der Waals surface area contributed by atoms with E-state index in [1.807, 2.05) is 26.8 Å². The highest BCUT2D eigenvalue weighted by Gasteiger charge is 2.53. The number of carbonyl (C=O) groups excluding carboxylic acids is 1. The Morgan fingerprint density at radius 3 is 2.52 bits per heavy atom. The van der Waals surface area contributed by atoms with Crippen molar-refractivity contribution in [2.45, 2.75) is 30.0 Å². The van der Waals surface area contributed by atoms with Crippen molar-refractivity contribution in [3.8, 4) is 17.6 Å². The Morgan fingerprint density at radius 1 is 1.22 bits per heavy atom. The maximum atomic E-state index is 14.1. The van der Waals surface area contributed by atoms with Crippen molar-refractivity contribution in [1.82, 2.24) is 0 Å². The zero-order valence-electron chi connectivity index (χ0n) is 15.0. The van der Waals surface area contributed by atoms with E-state index >= 15 is 0 Å². The molecule has 3 rings (SSSR count). The highest BCUT2D eigenvalue weighted by atomic mass is 127. The van der Waals surface area contributed by atoms with Crippen molar-refractivity contribution in [2.24, 2.45) is 0 Å². The quantitative estimate of drug-likeness (QED) is 0.288. The summed E-state index contributed by atoms with van der Waals surface area (Å²) in [6.45, 7) is 5.72. The topological polar surface area (TPSA) is 68.5 Å². The number of alkyl halides is 1. The summed E-state index contributed by atoms with van der Waals surface area (Å²) in [7, 11) is -0.753. The van der Waals surface area contributed by atoms with Crippen molar-refractivity contribution in [3.63, 3.8) is 0 Å². The van der Waals surface area contributed by atoms with Gasteiger partial charge in [0.25, 0.3) is 0 Å². The molecular formula is C19H16BFINO4. The number of rotatable bonds is 4. The summed E-state index contributed by atoms with van der Waals surface area (Å²) in [6.07, 6.45) is 0.712. The van der Waals surface area contributed by atoms with Crippen LogP contribution in [0.15, 0.2) is 36.4 Å². The van der Waals surface area contributed by atoms with Crippen molar-refractivity contribution < 1.29 is 23.2 Å². The molecule has 5 nitrogen and oxygen atoms in total. The van der Waals surface area contributed by atoms with E-state index in [-0.39, 0.29) is 11.3 Å². The summed E-state index contributed by atoms with van der Waals surface area (Å²) >= 11 is 2.17. The van der Waals surface area contributed by atoms with Gasteiger partial charge in [0.15, 0.2) is 11.6 Å². The Balaban J connectivity index is 1.93. The van der Waals surface area contributed by atoms with Gasteiger partial charge in [0, 0.05) is 5.56 Å². The van der Waals surface area contributed by atoms with Crippen LogP contribution in [0.1, 0.15) is 36.7 Å². The molecule has 27 heavy (non-hydrogen) atoms. The van der Waals surface area contributed by atoms with Crippen molar-refractivity contribution in [2.75, 3.05) is 0 Å². The summed E-state index contributed by atoms with van der Waals surface area (Å²) in [6, 6.07) is 10.5. The van der Waals surface area contributed by atoms with E-state index in [0.29, 0.717) is 23.1 Å². The Bertz CT molecular complexity index is 926. The molecule has 0 aliphatic carbocycles. The lowest BCUT2D eigenvalue weighted by Gasteiger charge is -2.30. The smallest absolute Gasteiger partial charge is 0.454 e. The molecule has 1 saturated heterocycles. The third kappa shape index (κ3) is 3.86. The van der Waals surface area contributed by atoms with Gasteiger partial charge in [0.05, 0.1) is 17.2 Å². The van der Waals surface area contributed by atoms with E-state index in [9.17, 15) is 9.18 Å². The SMILES string of the molecule is CC1(C)OB(c2cc(Oc3ccc(C#N)cc3F)ccc2C=O)OC1(C)I. The molecule has 1 fully saturated rings. The van der Waals surface area contributed by atoms with E-state index in [1.165, 1.54) is 12.1 Å². The molecule has 1 atom stereocenters. The molecular weight excluding hydrogens is 463 g/mol. The molecule has 0 N–H and O–H groups in total. The number of carbonyl (C=O) groups is 1. The van der Waals surface area contributed by atoms with Gasteiger partial charge in [-0.1, -0.05) is 0 Å². The average Bonchev–Trinajstić information content (AvgIpc) is 2.84. The molecule has 0 radical (unpaired) electrons. The first kappa shape index (κ1) is 19.8. The molecule has 2 aromatic carbocycles. The third-order valence-electron chi connectivity index (χ3n) is 4.53. The number of hydrogen-bond donors (Lipinski definition) is 0. The molecule has 0 bridgehead atoms. The molecule has 1 heterocycles. The minimum Gasteiger partial charge on any atom is -0.454 e. The van der Waals surface area contributed by atoms with Crippen LogP contribution in [-0.4, -0.2) is 22.6 Å². The van der Waals surface area contributed by atoms with E-state index < -0.39 is 22.1 Å². The Kier molecular flexibility index (Phi) is 5.30. The highest BCUT2D eigenvalue weighted by Crippen LogP contribution is 2.42. The third-order valence-corrected chi connectivity index (χ3v) is 6.09. The lowest BCUT2D eigenvalue weighted by Crippen LogP contribution is -2.38. The normalized spacial score (nSPS) is 21.0. The zero-order chi connectivity index (χ0) is 19.8. The van der Waals surface area contributed by atoms with E-state index in [4.69, 9.17) is 19.3 Å². The fraction of sp³-hybridized carbons (Fsp3) is 0.263. The second-order valence-corrected chi connectivity index (χ2v) is 8.82. The standard InChI is InChI=1S/C19H16BFINO4/c1-18(2)19(3,22)27-20(26-18)15-9-14(6-5-13(15)11-24)25-17-7-4-12(10-23)8-16(17)21/h4-9,11H,1-3H3. The summed E-state index contributed by atoms with van der Waals surface area (Å²) < 4.78 is 31.1. The minimum atomic E-state index is -0.753. The molecule has 0 spiro atoms. The monoisotopic (exact) mass is 479 g/mol. The molecule has 138 valence electrons. The first-order valence-electron chi connectivity index (χ1n) is 8.18. The van der Waals surface area contributed by atoms with Gasteiger partial charge < -0.3 is 14.0 Å². The van der Waals surface area contributed by atoms with Crippen LogP contribution in [0.3, 0.4) is 0 Å². The number of halogens is 2. The first-order chi connectivity index (χ1) is 12.7. The summed E-state index contributed by atoms with van der Waals surface area (Å²) in [5, 5.41) is 8.82. The average molecular weight is 479 g/mol. The molecule has 0 saturated carbocycles. The summed E-state index contributed by atoms with van der Waals surface area (Å²) in [5.74, 6) is -0.346. The fourth-order valence-corrected chi connectivity index (χ4v) is 2.93. The van der Waals surface area contributed by atoms with Crippen LogP contribution in [0.2, 0.25) is 0 Å². The zero-order valence-corrected chi connectivity index (χ0v) is 17.1. The fourth-order valence-electron chi connectivity index (χ4n) is 2.57. The maximum Gasteiger partial charge on any atom is 0.496 e. The van der Waals surface area contributed by atoms with Crippen LogP contribution in [0.5, 0.6) is 11.5 Å². The molecule has 1 aliphatic rings. The van der Waals surface area contributed by atoms with Gasteiger partial charge in [-0.25, -0.2) is 4.39 Å². The van der Waals surface area contributed by atoms with E-state index in [2.05, 4.69) is 22.6 Å². The van der Waals surface area contributed by atoms with Gasteiger partial charge in [0.2, 0.25) is 0 Å². The predicted molar refractivity (Wildman–Crippen MR) is 107 cm³/mol. The molecule has 1 aliphatic heterocycles. The van der Waals surface area contributed by atoms with Gasteiger partial charge in [0.1, 0.15) is 15.6 Å². The van der Waals surface area contributed by atoms with Gasteiger partial charge in [-0.05, 0) is 85.2 Å². The van der Waals surface area contributed by atoms with Gasteiger partial charge in [-0.3, -0.25) is 4.79 Å². The van der Waals surface area contributed by atoms with Gasteiger partial charge >= 0.3 is 7.12 Å². The first-order valence-corrected chi connectivity index (χ1v) is 9.26. The second-order valence-electron chi connectivity index (χ2n) is 6.76. The number of hydrogen-bond acceptors (Lipinski definition) is 5. The van der Waals surface area contributed by atoms with Crippen LogP contribution in [0, 0.1) is 17.1 Å². The number of nitriles is 1. The van der Waals surface area contributed by atoms with E-state index in [1.54, 1.807) is 18.2 Å². The molecule has 1 unspecified atom stereocenters. The number of nitrogens with zero attached hydrogens (tertiary/aromatic N) is 1. The van der Waals surface area contributed by atoms with Crippen LogP contribution >= 0.6 is 22.6 Å². The second kappa shape index (κ2) is 7.22. The number of ether oxygens (including phenoxy) is 1. The van der Waals surface area contributed by atoms with Crippen LogP contribution in [-0.2, 0) is 9.31 Å². The molecule has 2 aromatic rings. The van der Waals surface area contributed by atoms with Gasteiger partial charge in [-0.2, -0.15) is 5.26 Å². The lowest BCUT2D eigenvalue weighted by atomic mass is 9.76. The van der Waals surface area contributed by atoms with E-state index in [0.717, 1.165) is 6.07 Å². The van der Waals surface area contributed by atoms with Gasteiger partial charge in [-0.15, -0.1) is 0 Å². The van der Waals surface area contributed by atoms with Crippen LogP contribution in [0.25, 0.3) is 0 Å². The Labute approximate surface area is 170 Å². The van der Waals surface area contributed by atoms with Crippen molar-refractivity contribution >= 4 is 41.5 Å². The largest absolute Gasteiger partial charge is 0.496 e. The summed E-state index contributed by atoms with van der Waals surface area (Å²) in [4.78, 5) is 11.5. The predicted octanol–water partition coefficient (Wildman–Crippen LogP) is 3.97. The molecule has 8 heteroatoms. The van der Waals surface area contributed by atoms with Crippen molar-refractivity contribution in [1.29, 1.82) is 5.26 Å². The summed E-state index contributed by atoms with van der Waals surface area (Å²) in [5.41, 5.74) is 0.532. The number of benzene rings is 2. The Hall–Kier alpha value is -1.96. The van der Waals surface area contributed by atoms with Crippen molar-refractivity contribution in [3.05, 3.63) is 53.3 Å². The lowest BCUT2D eigenvalue weighted by molar-refractivity contribution is 0.0726. The highest BCUT2D eigenvalue weighted by molar-refractivity contribution is 14.1. The molecule has 0 aromatic heterocycles. The molecule has 0 amide bonds. The van der Waals surface area contributed by atoms with Crippen LogP contribution in [0.4, 0.5) is 4.39 Å². The minimum absolute atomic E-state index is 0.0221. The number of aldehydes is 1. The maximum absolute atomic E-state index is 14.1.